The van der Waals surface area contributed by atoms with Crippen LogP contribution in [0, 0.1) is 5.92 Å². The fraction of sp³-hybridized carbons (Fsp3) is 0.440. The highest BCUT2D eigenvalue weighted by Gasteiger charge is 2.08. The van der Waals surface area contributed by atoms with Crippen molar-refractivity contribution >= 4 is 35.8 Å². The molecule has 0 bridgehead atoms. The predicted molar refractivity (Wildman–Crippen MR) is 144 cm³/mol. The van der Waals surface area contributed by atoms with Crippen LogP contribution in [0.5, 0.6) is 5.75 Å². The van der Waals surface area contributed by atoms with Crippen LogP contribution in [0.2, 0.25) is 0 Å². The van der Waals surface area contributed by atoms with Gasteiger partial charge in [-0.15, -0.1) is 24.0 Å². The second-order valence-corrected chi connectivity index (χ2v) is 7.96. The minimum absolute atomic E-state index is 0. The van der Waals surface area contributed by atoms with E-state index in [9.17, 15) is 4.79 Å². The van der Waals surface area contributed by atoms with Crippen molar-refractivity contribution in [3.05, 3.63) is 65.7 Å². The van der Waals surface area contributed by atoms with E-state index in [1.807, 2.05) is 42.5 Å². The summed E-state index contributed by atoms with van der Waals surface area (Å²) >= 11 is 0. The van der Waals surface area contributed by atoms with Gasteiger partial charge in [0.25, 0.3) is 0 Å². The zero-order chi connectivity index (χ0) is 23.2. The zero-order valence-corrected chi connectivity index (χ0v) is 22.4. The Balaban J connectivity index is 0.00000544. The quantitative estimate of drug-likeness (QED) is 0.234. The van der Waals surface area contributed by atoms with Crippen molar-refractivity contribution in [2.45, 2.75) is 20.0 Å². The Morgan fingerprint density at radius 3 is 2.36 bits per heavy atom. The van der Waals surface area contributed by atoms with Gasteiger partial charge in [-0.3, -0.25) is 4.79 Å². The second kappa shape index (κ2) is 16.3. The number of halogens is 1. The Hall–Kier alpha value is -2.33. The van der Waals surface area contributed by atoms with Gasteiger partial charge in [0.05, 0.1) is 20.3 Å². The molecule has 182 valence electrons. The van der Waals surface area contributed by atoms with E-state index in [1.165, 1.54) is 5.56 Å². The van der Waals surface area contributed by atoms with Crippen LogP contribution in [0.3, 0.4) is 0 Å². The molecule has 0 radical (unpaired) electrons. The molecule has 33 heavy (non-hydrogen) atoms. The molecule has 8 heteroatoms. The lowest BCUT2D eigenvalue weighted by Gasteiger charge is -2.17. The van der Waals surface area contributed by atoms with Crippen molar-refractivity contribution < 1.29 is 14.3 Å². The maximum absolute atomic E-state index is 11.9. The summed E-state index contributed by atoms with van der Waals surface area (Å²) in [5, 5.41) is 6.66. The molecule has 0 heterocycles. The van der Waals surface area contributed by atoms with E-state index >= 15 is 0 Å². The summed E-state index contributed by atoms with van der Waals surface area (Å²) in [7, 11) is 5.12. The molecule has 1 atom stereocenters. The van der Waals surface area contributed by atoms with E-state index in [1.54, 1.807) is 26.1 Å². The Morgan fingerprint density at radius 2 is 1.73 bits per heavy atom. The monoisotopic (exact) mass is 568 g/mol. The number of methoxy groups -OCH3 is 1. The maximum Gasteiger partial charge on any atom is 0.243 e. The van der Waals surface area contributed by atoms with Crippen molar-refractivity contribution in [3.8, 4) is 5.75 Å². The van der Waals surface area contributed by atoms with Crippen LogP contribution in [-0.2, 0) is 22.6 Å². The molecule has 0 saturated carbocycles. The number of hydrogen-bond acceptors (Lipinski definition) is 4. The van der Waals surface area contributed by atoms with Gasteiger partial charge >= 0.3 is 0 Å². The molecule has 0 fully saturated rings. The summed E-state index contributed by atoms with van der Waals surface area (Å²) < 4.78 is 11.0. The molecule has 2 rings (SSSR count). The smallest absolute Gasteiger partial charge is 0.243 e. The maximum atomic E-state index is 11.9. The summed E-state index contributed by atoms with van der Waals surface area (Å²) in [5.74, 6) is 1.72. The Labute approximate surface area is 215 Å². The third-order valence-electron chi connectivity index (χ3n) is 4.87. The van der Waals surface area contributed by atoms with E-state index in [0.29, 0.717) is 32.3 Å². The van der Waals surface area contributed by atoms with Gasteiger partial charge in [-0.1, -0.05) is 49.4 Å². The number of ether oxygens (including phenoxy) is 2. The van der Waals surface area contributed by atoms with Crippen LogP contribution in [0.1, 0.15) is 18.1 Å². The minimum atomic E-state index is -0.0412. The van der Waals surface area contributed by atoms with Gasteiger partial charge in [-0.2, -0.15) is 0 Å². The van der Waals surface area contributed by atoms with Crippen LogP contribution in [0.4, 0.5) is 0 Å². The van der Waals surface area contributed by atoms with Crippen molar-refractivity contribution in [3.63, 3.8) is 0 Å². The van der Waals surface area contributed by atoms with E-state index in [4.69, 9.17) is 9.47 Å². The molecule has 2 aromatic carbocycles. The van der Waals surface area contributed by atoms with Crippen LogP contribution >= 0.6 is 24.0 Å². The molecule has 1 unspecified atom stereocenters. The summed E-state index contributed by atoms with van der Waals surface area (Å²) in [4.78, 5) is 17.9. The van der Waals surface area contributed by atoms with Gasteiger partial charge in [0.15, 0.2) is 5.96 Å². The predicted octanol–water partition coefficient (Wildman–Crippen LogP) is 3.33. The van der Waals surface area contributed by atoms with Crippen LogP contribution in [0.25, 0.3) is 0 Å². The summed E-state index contributed by atoms with van der Waals surface area (Å²) in [6.07, 6.45) is 0.835. The van der Waals surface area contributed by atoms with Crippen LogP contribution < -0.4 is 15.4 Å². The number of nitrogens with zero attached hydrogens (tertiary/aromatic N) is 2. The first-order valence-electron chi connectivity index (χ1n) is 10.9. The molecule has 1 amide bonds. The highest BCUT2D eigenvalue weighted by molar-refractivity contribution is 14.0. The standard InChI is InChI=1S/C25H36N4O3.HI/c1-20(18-32-19-22-8-6-5-7-9-22)16-27-25(28-17-24(30)29(2)3)26-15-14-21-10-12-23(31-4)13-11-21;/h5-13,20H,14-19H2,1-4H3,(H2,26,27,28);1H. The Bertz CT molecular complexity index is 829. The van der Waals surface area contributed by atoms with Crippen LogP contribution in [0.15, 0.2) is 59.6 Å². The highest BCUT2D eigenvalue weighted by Crippen LogP contribution is 2.11. The van der Waals surface area contributed by atoms with E-state index in [-0.39, 0.29) is 42.3 Å². The lowest BCUT2D eigenvalue weighted by molar-refractivity contribution is -0.127. The number of aliphatic imine (C=N–C) groups is 1. The molecule has 0 aliphatic rings. The number of carbonyl (C=O) groups is 1. The fourth-order valence-corrected chi connectivity index (χ4v) is 2.86. The number of carbonyl (C=O) groups excluding carboxylic acids is 1. The summed E-state index contributed by atoms with van der Waals surface area (Å²) in [5.41, 5.74) is 2.36. The third-order valence-corrected chi connectivity index (χ3v) is 4.87. The second-order valence-electron chi connectivity index (χ2n) is 7.96. The Kier molecular flexibility index (Phi) is 14.2. The van der Waals surface area contributed by atoms with Crippen molar-refractivity contribution in [1.82, 2.24) is 15.5 Å². The largest absolute Gasteiger partial charge is 0.497 e. The Morgan fingerprint density at radius 1 is 1.03 bits per heavy atom. The number of hydrogen-bond donors (Lipinski definition) is 2. The van der Waals surface area contributed by atoms with Gasteiger partial charge in [-0.05, 0) is 35.6 Å². The van der Waals surface area contributed by atoms with Gasteiger partial charge < -0.3 is 25.0 Å². The molecular weight excluding hydrogens is 531 g/mol. The number of benzene rings is 2. The molecule has 2 N–H and O–H groups in total. The topological polar surface area (TPSA) is 75.2 Å². The minimum Gasteiger partial charge on any atom is -0.497 e. The zero-order valence-electron chi connectivity index (χ0n) is 20.0. The lowest BCUT2D eigenvalue weighted by Crippen LogP contribution is -2.41. The SMILES string of the molecule is COc1ccc(CCNC(=NCC(=O)N(C)C)NCC(C)COCc2ccccc2)cc1.I. The van der Waals surface area contributed by atoms with Gasteiger partial charge in [0.1, 0.15) is 12.3 Å². The summed E-state index contributed by atoms with van der Waals surface area (Å²) in [6.45, 7) is 4.86. The number of likely N-dealkylation sites (N-methyl/N-ethyl adjacent to an activating group) is 1. The number of guanidine groups is 1. The number of rotatable bonds is 12. The first-order chi connectivity index (χ1) is 15.5. The molecular formula is C25H37IN4O3. The number of nitrogens with one attached hydrogen (secondary N) is 2. The fourth-order valence-electron chi connectivity index (χ4n) is 2.86. The molecule has 0 aliphatic heterocycles. The first kappa shape index (κ1) is 28.7. The molecule has 7 nitrogen and oxygen atoms in total. The van der Waals surface area contributed by atoms with Gasteiger partial charge in [0, 0.05) is 27.2 Å². The normalized spacial score (nSPS) is 11.8. The van der Waals surface area contributed by atoms with Crippen molar-refractivity contribution in [2.24, 2.45) is 10.9 Å². The molecule has 0 aliphatic carbocycles. The summed E-state index contributed by atoms with van der Waals surface area (Å²) in [6, 6.07) is 18.1. The first-order valence-corrected chi connectivity index (χ1v) is 10.9. The van der Waals surface area contributed by atoms with Crippen molar-refractivity contribution in [2.75, 3.05) is 47.4 Å². The van der Waals surface area contributed by atoms with Gasteiger partial charge in [-0.25, -0.2) is 4.99 Å². The average molecular weight is 569 g/mol. The molecule has 0 saturated heterocycles. The highest BCUT2D eigenvalue weighted by atomic mass is 127. The van der Waals surface area contributed by atoms with Crippen molar-refractivity contribution in [1.29, 1.82) is 0 Å². The third kappa shape index (κ3) is 11.9. The van der Waals surface area contributed by atoms with E-state index in [0.717, 1.165) is 17.7 Å². The van der Waals surface area contributed by atoms with Gasteiger partial charge in [0.2, 0.25) is 5.91 Å². The molecule has 0 spiro atoms. The molecule has 0 aromatic heterocycles. The lowest BCUT2D eigenvalue weighted by atomic mass is 10.1. The van der Waals surface area contributed by atoms with E-state index in [2.05, 4.69) is 34.7 Å². The van der Waals surface area contributed by atoms with Crippen LogP contribution in [-0.4, -0.2) is 64.2 Å². The number of amides is 1. The van der Waals surface area contributed by atoms with E-state index < -0.39 is 0 Å². The average Bonchev–Trinajstić information content (AvgIpc) is 2.81. The molecule has 2 aromatic rings.